The van der Waals surface area contributed by atoms with E-state index < -0.39 is 0 Å². The molecule has 11 nitrogen and oxygen atoms in total. The molecule has 0 aliphatic carbocycles. The summed E-state index contributed by atoms with van der Waals surface area (Å²) < 4.78 is 17.9. The molecule has 0 spiro atoms. The van der Waals surface area contributed by atoms with Crippen molar-refractivity contribution in [2.75, 3.05) is 65.1 Å². The molecule has 2 aliphatic heterocycles. The second-order valence-corrected chi connectivity index (χ2v) is 10.7. The van der Waals surface area contributed by atoms with Crippen molar-refractivity contribution >= 4 is 17.5 Å². The second-order valence-electron chi connectivity index (χ2n) is 10.7. The van der Waals surface area contributed by atoms with Gasteiger partial charge in [-0.15, -0.1) is 5.10 Å². The van der Waals surface area contributed by atoms with Crippen molar-refractivity contribution < 1.29 is 23.8 Å². The first-order valence-electron chi connectivity index (χ1n) is 14.5. The van der Waals surface area contributed by atoms with Gasteiger partial charge >= 0.3 is 0 Å². The summed E-state index contributed by atoms with van der Waals surface area (Å²) in [6.07, 6.45) is 2.71. The van der Waals surface area contributed by atoms with E-state index in [4.69, 9.17) is 14.2 Å². The fraction of sp³-hybridized carbons (Fsp3) is 0.484. The number of hydrogen-bond donors (Lipinski definition) is 0. The number of aromatic nitrogens is 3. The minimum absolute atomic E-state index is 0.00672. The topological polar surface area (TPSA) is 102 Å². The molecule has 1 aromatic heterocycles. The average Bonchev–Trinajstić information content (AvgIpc) is 3.39. The summed E-state index contributed by atoms with van der Waals surface area (Å²) in [4.78, 5) is 33.5. The van der Waals surface area contributed by atoms with Crippen LogP contribution in [0.1, 0.15) is 41.0 Å². The minimum Gasteiger partial charge on any atom is -0.497 e. The van der Waals surface area contributed by atoms with Gasteiger partial charge in [0.15, 0.2) is 5.69 Å². The van der Waals surface area contributed by atoms with Gasteiger partial charge in [0.1, 0.15) is 12.4 Å². The Morgan fingerprint density at radius 1 is 1.00 bits per heavy atom. The van der Waals surface area contributed by atoms with Crippen LogP contribution in [-0.4, -0.2) is 103 Å². The molecule has 3 aromatic rings. The molecule has 42 heavy (non-hydrogen) atoms. The molecule has 5 rings (SSSR count). The molecule has 1 fully saturated rings. The molecular formula is C31H40N6O5. The zero-order chi connectivity index (χ0) is 29.5. The lowest BCUT2D eigenvalue weighted by Gasteiger charge is -2.35. The maximum atomic E-state index is 14.2. The standard InChI is InChI=1S/C31H40N6O5/c1-23-30(32-33-37(23)26-9-6-10-27(20-26)41-3)31(39)35-17-16-34(25-12-18-42-19-13-25)14-7-15-36(29(38)22-40-2)28-11-5-4-8-24(28)21-35/h4-6,8-11,20,25H,7,12-19,21-22H2,1-3H3. The van der Waals surface area contributed by atoms with Gasteiger partial charge in [-0.25, -0.2) is 4.68 Å². The first-order valence-corrected chi connectivity index (χ1v) is 14.5. The van der Waals surface area contributed by atoms with Crippen molar-refractivity contribution in [2.45, 2.75) is 38.8 Å². The van der Waals surface area contributed by atoms with Crippen LogP contribution in [0.5, 0.6) is 5.75 Å². The number of carbonyl (C=O) groups is 2. The quantitative estimate of drug-likeness (QED) is 0.441. The Kier molecular flexibility index (Phi) is 9.83. The van der Waals surface area contributed by atoms with E-state index in [1.54, 1.807) is 16.7 Å². The van der Waals surface area contributed by atoms with E-state index >= 15 is 0 Å². The van der Waals surface area contributed by atoms with Gasteiger partial charge in [0.2, 0.25) is 0 Å². The molecule has 0 radical (unpaired) electrons. The van der Waals surface area contributed by atoms with Gasteiger partial charge in [0.05, 0.1) is 18.5 Å². The van der Waals surface area contributed by atoms with Gasteiger partial charge in [0.25, 0.3) is 11.8 Å². The predicted molar refractivity (Wildman–Crippen MR) is 158 cm³/mol. The maximum Gasteiger partial charge on any atom is 0.276 e. The predicted octanol–water partition coefficient (Wildman–Crippen LogP) is 3.09. The molecule has 1 saturated heterocycles. The van der Waals surface area contributed by atoms with E-state index in [9.17, 15) is 9.59 Å². The molecule has 0 N–H and O–H groups in total. The van der Waals surface area contributed by atoms with Crippen molar-refractivity contribution in [3.05, 3.63) is 65.5 Å². The van der Waals surface area contributed by atoms with Crippen LogP contribution in [0.15, 0.2) is 48.5 Å². The number of rotatable bonds is 6. The highest BCUT2D eigenvalue weighted by Crippen LogP contribution is 2.26. The van der Waals surface area contributed by atoms with E-state index in [2.05, 4.69) is 15.2 Å². The highest BCUT2D eigenvalue weighted by molar-refractivity contribution is 5.96. The Morgan fingerprint density at radius 2 is 1.81 bits per heavy atom. The molecule has 3 heterocycles. The lowest BCUT2D eigenvalue weighted by atomic mass is 10.1. The van der Waals surface area contributed by atoms with Gasteiger partial charge in [-0.2, -0.15) is 0 Å². The molecular weight excluding hydrogens is 536 g/mol. The van der Waals surface area contributed by atoms with Gasteiger partial charge in [-0.05, 0) is 49.9 Å². The van der Waals surface area contributed by atoms with Crippen molar-refractivity contribution in [3.8, 4) is 11.4 Å². The first-order chi connectivity index (χ1) is 20.5. The minimum atomic E-state index is -0.197. The Labute approximate surface area is 246 Å². The molecule has 224 valence electrons. The number of amides is 2. The summed E-state index contributed by atoms with van der Waals surface area (Å²) in [6.45, 7) is 6.27. The van der Waals surface area contributed by atoms with Gasteiger partial charge in [-0.1, -0.05) is 29.5 Å². The Balaban J connectivity index is 1.49. The normalized spacial score (nSPS) is 17.4. The number of hydrogen-bond acceptors (Lipinski definition) is 8. The monoisotopic (exact) mass is 576 g/mol. The molecule has 11 heteroatoms. The number of ether oxygens (including phenoxy) is 3. The summed E-state index contributed by atoms with van der Waals surface area (Å²) in [5, 5.41) is 8.67. The number of nitrogens with zero attached hydrogens (tertiary/aromatic N) is 6. The van der Waals surface area contributed by atoms with Gasteiger partial charge in [-0.3, -0.25) is 14.5 Å². The Hall–Kier alpha value is -3.80. The summed E-state index contributed by atoms with van der Waals surface area (Å²) in [5.41, 5.74) is 3.41. The number of benzene rings is 2. The zero-order valence-corrected chi connectivity index (χ0v) is 24.7. The van der Waals surface area contributed by atoms with E-state index in [0.29, 0.717) is 49.4 Å². The van der Waals surface area contributed by atoms with Gasteiger partial charge in [0, 0.05) is 70.8 Å². The molecule has 0 bridgehead atoms. The number of fused-ring (bicyclic) bond motifs is 1. The van der Waals surface area contributed by atoms with E-state index in [1.165, 1.54) is 7.11 Å². The van der Waals surface area contributed by atoms with E-state index in [1.807, 2.05) is 60.4 Å². The lowest BCUT2D eigenvalue weighted by Crippen LogP contribution is -2.45. The summed E-state index contributed by atoms with van der Waals surface area (Å²) in [6, 6.07) is 15.7. The zero-order valence-electron chi connectivity index (χ0n) is 24.7. The first kappa shape index (κ1) is 29.7. The fourth-order valence-corrected chi connectivity index (χ4v) is 5.82. The summed E-state index contributed by atoms with van der Waals surface area (Å²) in [7, 11) is 3.15. The van der Waals surface area contributed by atoms with Crippen molar-refractivity contribution in [1.82, 2.24) is 24.8 Å². The third kappa shape index (κ3) is 6.64. The van der Waals surface area contributed by atoms with Crippen LogP contribution < -0.4 is 9.64 Å². The maximum absolute atomic E-state index is 14.2. The largest absolute Gasteiger partial charge is 0.497 e. The smallest absolute Gasteiger partial charge is 0.276 e. The number of anilines is 1. The van der Waals surface area contributed by atoms with Crippen molar-refractivity contribution in [1.29, 1.82) is 0 Å². The number of para-hydroxylation sites is 1. The van der Waals surface area contributed by atoms with Crippen LogP contribution in [0.4, 0.5) is 5.69 Å². The van der Waals surface area contributed by atoms with Crippen molar-refractivity contribution in [3.63, 3.8) is 0 Å². The molecule has 0 saturated carbocycles. The van der Waals surface area contributed by atoms with E-state index in [0.717, 1.165) is 56.0 Å². The molecule has 2 aromatic carbocycles. The third-order valence-corrected chi connectivity index (χ3v) is 8.09. The van der Waals surface area contributed by atoms with Crippen LogP contribution >= 0.6 is 0 Å². The van der Waals surface area contributed by atoms with E-state index in [-0.39, 0.29) is 18.4 Å². The highest BCUT2D eigenvalue weighted by Gasteiger charge is 2.29. The van der Waals surface area contributed by atoms with Gasteiger partial charge < -0.3 is 24.0 Å². The fourth-order valence-electron chi connectivity index (χ4n) is 5.82. The molecule has 0 atom stereocenters. The highest BCUT2D eigenvalue weighted by atomic mass is 16.5. The Morgan fingerprint density at radius 3 is 2.60 bits per heavy atom. The van der Waals surface area contributed by atoms with Crippen LogP contribution in [-0.2, 0) is 20.8 Å². The Bertz CT molecular complexity index is 1370. The van der Waals surface area contributed by atoms with Crippen molar-refractivity contribution in [2.24, 2.45) is 0 Å². The van der Waals surface area contributed by atoms with Crippen LogP contribution in [0.2, 0.25) is 0 Å². The van der Waals surface area contributed by atoms with Crippen LogP contribution in [0.25, 0.3) is 5.69 Å². The second kappa shape index (κ2) is 13.9. The SMILES string of the molecule is COCC(=O)N1CCCN(C2CCOCC2)CCN(C(=O)c2nnn(-c3cccc(OC)c3)c2C)Cc2ccccc21. The summed E-state index contributed by atoms with van der Waals surface area (Å²) in [5.74, 6) is 0.397. The molecule has 2 amide bonds. The third-order valence-electron chi connectivity index (χ3n) is 8.09. The van der Waals surface area contributed by atoms with Crippen LogP contribution in [0, 0.1) is 6.92 Å². The van der Waals surface area contributed by atoms with Crippen LogP contribution in [0.3, 0.4) is 0 Å². The molecule has 2 aliphatic rings. The molecule has 0 unspecified atom stereocenters. The number of methoxy groups -OCH3 is 2. The summed E-state index contributed by atoms with van der Waals surface area (Å²) >= 11 is 0. The lowest BCUT2D eigenvalue weighted by molar-refractivity contribution is -0.122. The average molecular weight is 577 g/mol. The number of carbonyl (C=O) groups excluding carboxylic acids is 2.